The first-order chi connectivity index (χ1) is 11.1. The maximum atomic E-state index is 12.8. The van der Waals surface area contributed by atoms with Crippen molar-refractivity contribution in [1.82, 2.24) is 14.0 Å². The highest BCUT2D eigenvalue weighted by atomic mass is 16.2. The zero-order valence-corrected chi connectivity index (χ0v) is 14.4. The van der Waals surface area contributed by atoms with Crippen LogP contribution in [0.1, 0.15) is 33.6 Å². The van der Waals surface area contributed by atoms with Crippen LogP contribution in [0.5, 0.6) is 0 Å². The molecule has 1 aromatic carbocycles. The number of hydrogen-bond acceptors (Lipinski definition) is 3. The molecule has 0 saturated heterocycles. The van der Waals surface area contributed by atoms with E-state index >= 15 is 0 Å². The lowest BCUT2D eigenvalue weighted by Crippen LogP contribution is -2.41. The van der Waals surface area contributed by atoms with Gasteiger partial charge in [0.15, 0.2) is 0 Å². The number of hydrogen-bond donors (Lipinski definition) is 0. The molecule has 0 aliphatic heterocycles. The van der Waals surface area contributed by atoms with E-state index in [1.807, 2.05) is 24.3 Å². The van der Waals surface area contributed by atoms with E-state index in [2.05, 4.69) is 25.7 Å². The molecule has 0 aliphatic carbocycles. The van der Waals surface area contributed by atoms with Crippen LogP contribution in [0.2, 0.25) is 0 Å². The number of para-hydroxylation sites is 1. The Bertz CT molecular complexity index is 757. The average molecular weight is 317 g/mol. The second-order valence-electron chi connectivity index (χ2n) is 5.79. The zero-order chi connectivity index (χ0) is 16.8. The van der Waals surface area contributed by atoms with E-state index < -0.39 is 0 Å². The summed E-state index contributed by atoms with van der Waals surface area (Å²) in [6.45, 7) is 10.1. The van der Waals surface area contributed by atoms with E-state index in [-0.39, 0.29) is 11.2 Å². The van der Waals surface area contributed by atoms with Gasteiger partial charge in [0, 0.05) is 19.6 Å². The van der Waals surface area contributed by atoms with Crippen molar-refractivity contribution in [2.24, 2.45) is 0 Å². The third-order valence-corrected chi connectivity index (χ3v) is 4.40. The van der Waals surface area contributed by atoms with Gasteiger partial charge in [-0.2, -0.15) is 0 Å². The molecule has 0 amide bonds. The van der Waals surface area contributed by atoms with Crippen molar-refractivity contribution in [3.8, 4) is 0 Å². The molecular weight excluding hydrogens is 290 g/mol. The first kappa shape index (κ1) is 17.5. The van der Waals surface area contributed by atoms with Gasteiger partial charge in [0.1, 0.15) is 0 Å². The Hall–Kier alpha value is -1.88. The Kier molecular flexibility index (Phi) is 6.16. The number of aromatic nitrogens is 2. The second kappa shape index (κ2) is 8.11. The topological polar surface area (TPSA) is 47.2 Å². The van der Waals surface area contributed by atoms with Gasteiger partial charge in [0.2, 0.25) is 0 Å². The van der Waals surface area contributed by atoms with Crippen LogP contribution < -0.4 is 11.2 Å². The summed E-state index contributed by atoms with van der Waals surface area (Å²) in [7, 11) is 0. The van der Waals surface area contributed by atoms with Crippen LogP contribution in [0.25, 0.3) is 10.9 Å². The molecule has 0 atom stereocenters. The van der Waals surface area contributed by atoms with Crippen LogP contribution in [0.15, 0.2) is 33.9 Å². The van der Waals surface area contributed by atoms with Crippen molar-refractivity contribution >= 4 is 10.9 Å². The summed E-state index contributed by atoms with van der Waals surface area (Å²) < 4.78 is 3.15. The maximum Gasteiger partial charge on any atom is 0.331 e. The summed E-state index contributed by atoms with van der Waals surface area (Å²) in [5, 5.41) is 0.628. The fourth-order valence-electron chi connectivity index (χ4n) is 2.88. The lowest BCUT2D eigenvalue weighted by Gasteiger charge is -2.20. The van der Waals surface area contributed by atoms with Gasteiger partial charge in [-0.1, -0.05) is 39.3 Å². The smallest absolute Gasteiger partial charge is 0.302 e. The van der Waals surface area contributed by atoms with E-state index in [0.717, 1.165) is 38.0 Å². The highest BCUT2D eigenvalue weighted by Gasteiger charge is 2.13. The number of fused-ring (bicyclic) bond motifs is 1. The first-order valence-corrected chi connectivity index (χ1v) is 8.58. The van der Waals surface area contributed by atoms with Crippen molar-refractivity contribution in [2.75, 3.05) is 19.6 Å². The summed E-state index contributed by atoms with van der Waals surface area (Å²) >= 11 is 0. The zero-order valence-electron chi connectivity index (χ0n) is 14.4. The second-order valence-corrected chi connectivity index (χ2v) is 5.79. The van der Waals surface area contributed by atoms with Gasteiger partial charge in [-0.05, 0) is 31.6 Å². The quantitative estimate of drug-likeness (QED) is 0.750. The van der Waals surface area contributed by atoms with E-state index in [1.54, 1.807) is 4.57 Å². The third kappa shape index (κ3) is 3.72. The van der Waals surface area contributed by atoms with Crippen molar-refractivity contribution in [1.29, 1.82) is 0 Å². The van der Waals surface area contributed by atoms with Gasteiger partial charge >= 0.3 is 5.69 Å². The maximum absolute atomic E-state index is 12.8. The normalized spacial score (nSPS) is 11.5. The van der Waals surface area contributed by atoms with E-state index in [1.165, 1.54) is 4.57 Å². The van der Waals surface area contributed by atoms with Gasteiger partial charge < -0.3 is 4.90 Å². The van der Waals surface area contributed by atoms with Gasteiger partial charge in [0.05, 0.1) is 10.9 Å². The minimum atomic E-state index is -0.186. The molecule has 5 nitrogen and oxygen atoms in total. The fourth-order valence-corrected chi connectivity index (χ4v) is 2.88. The van der Waals surface area contributed by atoms with Crippen LogP contribution in [0.3, 0.4) is 0 Å². The largest absolute Gasteiger partial charge is 0.331 e. The van der Waals surface area contributed by atoms with E-state index in [0.29, 0.717) is 18.5 Å². The highest BCUT2D eigenvalue weighted by Crippen LogP contribution is 2.08. The summed E-state index contributed by atoms with van der Waals surface area (Å²) in [5.74, 6) is 0. The Morgan fingerprint density at radius 3 is 2.30 bits per heavy atom. The predicted octanol–water partition coefficient (Wildman–Crippen LogP) is 2.31. The number of likely N-dealkylation sites (N-methyl/N-ethyl adjacent to an activating group) is 1. The average Bonchev–Trinajstić information content (AvgIpc) is 2.58. The molecule has 0 saturated carbocycles. The monoisotopic (exact) mass is 317 g/mol. The molecule has 1 heterocycles. The minimum Gasteiger partial charge on any atom is -0.302 e. The first-order valence-electron chi connectivity index (χ1n) is 8.58. The van der Waals surface area contributed by atoms with Crippen molar-refractivity contribution in [2.45, 2.75) is 46.7 Å². The van der Waals surface area contributed by atoms with Gasteiger partial charge in [-0.3, -0.25) is 13.9 Å². The number of nitrogens with zero attached hydrogens (tertiary/aromatic N) is 3. The molecule has 0 fully saturated rings. The number of rotatable bonds is 8. The summed E-state index contributed by atoms with van der Waals surface area (Å²) in [6, 6.07) is 7.41. The van der Waals surface area contributed by atoms with Crippen LogP contribution in [-0.2, 0) is 13.1 Å². The summed E-state index contributed by atoms with van der Waals surface area (Å²) in [4.78, 5) is 27.7. The third-order valence-electron chi connectivity index (χ3n) is 4.40. The Balaban J connectivity index is 2.53. The number of unbranched alkanes of at least 4 members (excludes halogenated alkanes) is 1. The van der Waals surface area contributed by atoms with Crippen molar-refractivity contribution in [3.63, 3.8) is 0 Å². The molecule has 0 spiro atoms. The molecule has 0 unspecified atom stereocenters. The molecule has 2 aromatic rings. The van der Waals surface area contributed by atoms with Crippen LogP contribution in [-0.4, -0.2) is 33.7 Å². The van der Waals surface area contributed by atoms with Crippen molar-refractivity contribution < 1.29 is 0 Å². The molecule has 0 bridgehead atoms. The molecule has 2 rings (SSSR count). The van der Waals surface area contributed by atoms with Gasteiger partial charge in [-0.25, -0.2) is 4.79 Å². The van der Waals surface area contributed by atoms with E-state index in [4.69, 9.17) is 0 Å². The molecule has 5 heteroatoms. The molecular formula is C18H27N3O2. The van der Waals surface area contributed by atoms with Crippen LogP contribution in [0, 0.1) is 0 Å². The lowest BCUT2D eigenvalue weighted by atomic mass is 10.2. The van der Waals surface area contributed by atoms with Crippen LogP contribution >= 0.6 is 0 Å². The minimum absolute atomic E-state index is 0.168. The molecule has 23 heavy (non-hydrogen) atoms. The molecule has 0 N–H and O–H groups in total. The van der Waals surface area contributed by atoms with Crippen LogP contribution in [0.4, 0.5) is 0 Å². The predicted molar refractivity (Wildman–Crippen MR) is 95.2 cm³/mol. The summed E-state index contributed by atoms with van der Waals surface area (Å²) in [5.41, 5.74) is 0.384. The molecule has 0 aliphatic rings. The van der Waals surface area contributed by atoms with Crippen molar-refractivity contribution in [3.05, 3.63) is 45.1 Å². The molecule has 126 valence electrons. The highest BCUT2D eigenvalue weighted by molar-refractivity contribution is 5.77. The van der Waals surface area contributed by atoms with Gasteiger partial charge in [0.25, 0.3) is 5.56 Å². The Morgan fingerprint density at radius 1 is 0.957 bits per heavy atom. The SMILES string of the molecule is CCCCn1c(=O)c2ccccc2n(CCN(CC)CC)c1=O. The Morgan fingerprint density at radius 2 is 1.65 bits per heavy atom. The summed E-state index contributed by atoms with van der Waals surface area (Å²) in [6.07, 6.45) is 1.79. The number of benzene rings is 1. The van der Waals surface area contributed by atoms with E-state index in [9.17, 15) is 9.59 Å². The molecule has 0 radical (unpaired) electrons. The fraction of sp³-hybridized carbons (Fsp3) is 0.556. The standard InChI is InChI=1S/C18H27N3O2/c1-4-7-12-21-17(22)15-10-8-9-11-16(15)20(18(21)23)14-13-19(5-2)6-3/h8-11H,4-7,12-14H2,1-3H3. The Labute approximate surface area is 137 Å². The lowest BCUT2D eigenvalue weighted by molar-refractivity contribution is 0.289. The van der Waals surface area contributed by atoms with Gasteiger partial charge in [-0.15, -0.1) is 0 Å². The molecule has 1 aromatic heterocycles.